The van der Waals surface area contributed by atoms with Crippen LogP contribution in [0.5, 0.6) is 5.75 Å². The average Bonchev–Trinajstić information content (AvgIpc) is 2.67. The topological polar surface area (TPSA) is 33.0 Å². The molecule has 3 aromatic rings. The van der Waals surface area contributed by atoms with E-state index in [4.69, 9.17) is 16.3 Å². The maximum Gasteiger partial charge on any atom is 0.119 e. The van der Waals surface area contributed by atoms with Gasteiger partial charge in [0.05, 0.1) is 11.6 Å². The highest BCUT2D eigenvalue weighted by atomic mass is 35.5. The number of halogens is 1. The molecule has 0 bridgehead atoms. The van der Waals surface area contributed by atoms with E-state index in [1.165, 1.54) is 5.56 Å². The van der Waals surface area contributed by atoms with Crippen molar-refractivity contribution in [2.45, 2.75) is 13.5 Å². The van der Waals surface area contributed by atoms with E-state index >= 15 is 0 Å². The minimum atomic E-state index is 0.531. The molecule has 0 aliphatic heterocycles. The van der Waals surface area contributed by atoms with Crippen molar-refractivity contribution >= 4 is 23.3 Å². The average molecular weight is 360 g/mol. The molecule has 128 valence electrons. The SMILES string of the molecule is Cc1ccc(COc2ccc(/C=C(/C#N)c3ccc(Cl)cc3)cc2)cc1. The van der Waals surface area contributed by atoms with Gasteiger partial charge in [-0.3, -0.25) is 0 Å². The minimum absolute atomic E-state index is 0.531. The highest BCUT2D eigenvalue weighted by Gasteiger charge is 2.02. The summed E-state index contributed by atoms with van der Waals surface area (Å²) >= 11 is 5.90. The standard InChI is InChI=1S/C23H18ClNO/c1-17-2-4-19(5-3-17)16-26-23-12-6-18(7-13-23)14-21(15-25)20-8-10-22(24)11-9-20/h2-14H,16H2,1H3/b21-14-. The lowest BCUT2D eigenvalue weighted by Gasteiger charge is -2.07. The maximum absolute atomic E-state index is 9.42. The zero-order chi connectivity index (χ0) is 18.4. The summed E-state index contributed by atoms with van der Waals surface area (Å²) in [6, 6.07) is 25.5. The largest absolute Gasteiger partial charge is 0.489 e. The second-order valence-electron chi connectivity index (χ2n) is 6.02. The van der Waals surface area contributed by atoms with E-state index in [-0.39, 0.29) is 0 Å². The van der Waals surface area contributed by atoms with Crippen LogP contribution in [0.3, 0.4) is 0 Å². The van der Waals surface area contributed by atoms with Gasteiger partial charge in [0.1, 0.15) is 12.4 Å². The molecule has 2 nitrogen and oxygen atoms in total. The van der Waals surface area contributed by atoms with Crippen LogP contribution in [0.4, 0.5) is 0 Å². The lowest BCUT2D eigenvalue weighted by Crippen LogP contribution is -1.95. The second-order valence-corrected chi connectivity index (χ2v) is 6.46. The molecule has 0 atom stereocenters. The first kappa shape index (κ1) is 17.8. The molecule has 0 radical (unpaired) electrons. The van der Waals surface area contributed by atoms with Gasteiger partial charge in [-0.2, -0.15) is 5.26 Å². The zero-order valence-electron chi connectivity index (χ0n) is 14.4. The fraction of sp³-hybridized carbons (Fsp3) is 0.0870. The van der Waals surface area contributed by atoms with Gasteiger partial charge >= 0.3 is 0 Å². The fourth-order valence-electron chi connectivity index (χ4n) is 2.49. The third-order valence-corrected chi connectivity index (χ3v) is 4.24. The summed E-state index contributed by atoms with van der Waals surface area (Å²) in [4.78, 5) is 0. The first-order valence-corrected chi connectivity index (χ1v) is 8.68. The molecule has 0 aliphatic rings. The normalized spacial score (nSPS) is 11.0. The lowest BCUT2D eigenvalue weighted by atomic mass is 10.0. The summed E-state index contributed by atoms with van der Waals surface area (Å²) < 4.78 is 5.82. The van der Waals surface area contributed by atoms with Gasteiger partial charge in [0.2, 0.25) is 0 Å². The molecule has 3 rings (SSSR count). The van der Waals surface area contributed by atoms with E-state index < -0.39 is 0 Å². The summed E-state index contributed by atoms with van der Waals surface area (Å²) in [5, 5.41) is 10.1. The van der Waals surface area contributed by atoms with Crippen molar-refractivity contribution in [3.63, 3.8) is 0 Å². The van der Waals surface area contributed by atoms with Gasteiger partial charge in [-0.15, -0.1) is 0 Å². The van der Waals surface area contributed by atoms with E-state index in [0.29, 0.717) is 17.2 Å². The maximum atomic E-state index is 9.42. The quantitative estimate of drug-likeness (QED) is 0.396. The van der Waals surface area contributed by atoms with Gasteiger partial charge in [0.15, 0.2) is 0 Å². The predicted molar refractivity (Wildman–Crippen MR) is 107 cm³/mol. The van der Waals surface area contributed by atoms with Crippen molar-refractivity contribution in [1.82, 2.24) is 0 Å². The predicted octanol–water partition coefficient (Wildman–Crippen LogP) is 6.29. The van der Waals surface area contributed by atoms with Gasteiger partial charge < -0.3 is 4.74 Å². The Hall–Kier alpha value is -3.02. The van der Waals surface area contributed by atoms with Crippen molar-refractivity contribution < 1.29 is 4.74 Å². The van der Waals surface area contributed by atoms with Gasteiger partial charge in [-0.05, 0) is 54.0 Å². The first-order valence-electron chi connectivity index (χ1n) is 8.30. The number of aryl methyl sites for hydroxylation is 1. The van der Waals surface area contributed by atoms with E-state index in [2.05, 4.69) is 37.3 Å². The Morgan fingerprint density at radius 1 is 0.962 bits per heavy atom. The molecule has 0 saturated carbocycles. The van der Waals surface area contributed by atoms with E-state index in [1.807, 2.05) is 42.5 Å². The summed E-state index contributed by atoms with van der Waals surface area (Å²) in [7, 11) is 0. The molecular weight excluding hydrogens is 342 g/mol. The second kappa shape index (κ2) is 8.38. The van der Waals surface area contributed by atoms with Crippen LogP contribution < -0.4 is 4.74 Å². The number of benzene rings is 3. The van der Waals surface area contributed by atoms with Crippen molar-refractivity contribution in [3.05, 3.63) is 100 Å². The van der Waals surface area contributed by atoms with Crippen LogP contribution in [0.25, 0.3) is 11.6 Å². The summed E-state index contributed by atoms with van der Waals surface area (Å²) in [6.07, 6.45) is 1.85. The van der Waals surface area contributed by atoms with Crippen LogP contribution in [-0.4, -0.2) is 0 Å². The molecule has 0 amide bonds. The smallest absolute Gasteiger partial charge is 0.119 e. The van der Waals surface area contributed by atoms with Crippen molar-refractivity contribution in [2.75, 3.05) is 0 Å². The number of hydrogen-bond donors (Lipinski definition) is 0. The summed E-state index contributed by atoms with van der Waals surface area (Å²) in [5.41, 5.74) is 4.75. The van der Waals surface area contributed by atoms with Crippen molar-refractivity contribution in [3.8, 4) is 11.8 Å². The molecule has 3 aromatic carbocycles. The molecule has 0 unspecified atom stereocenters. The van der Waals surface area contributed by atoms with Gasteiger partial charge in [-0.25, -0.2) is 0 Å². The van der Waals surface area contributed by atoms with Crippen molar-refractivity contribution in [2.24, 2.45) is 0 Å². The highest BCUT2D eigenvalue weighted by molar-refractivity contribution is 6.30. The Labute approximate surface area is 158 Å². The lowest BCUT2D eigenvalue weighted by molar-refractivity contribution is 0.306. The van der Waals surface area contributed by atoms with Crippen LogP contribution in [0.2, 0.25) is 5.02 Å². The van der Waals surface area contributed by atoms with Crippen LogP contribution >= 0.6 is 11.6 Å². The molecular formula is C23H18ClNO. The number of hydrogen-bond acceptors (Lipinski definition) is 2. The molecule has 3 heteroatoms. The Balaban J connectivity index is 1.69. The van der Waals surface area contributed by atoms with Crippen LogP contribution in [-0.2, 0) is 6.61 Å². The van der Waals surface area contributed by atoms with Crippen LogP contribution in [0.1, 0.15) is 22.3 Å². The van der Waals surface area contributed by atoms with E-state index in [9.17, 15) is 5.26 Å². The van der Waals surface area contributed by atoms with Gasteiger partial charge in [0, 0.05) is 5.02 Å². The van der Waals surface area contributed by atoms with Gasteiger partial charge in [0.25, 0.3) is 0 Å². The van der Waals surface area contributed by atoms with Crippen LogP contribution in [0, 0.1) is 18.3 Å². The van der Waals surface area contributed by atoms with E-state index in [1.54, 1.807) is 12.1 Å². The monoisotopic (exact) mass is 359 g/mol. The molecule has 0 spiro atoms. The number of nitrogens with zero attached hydrogens (tertiary/aromatic N) is 1. The Bertz CT molecular complexity index is 933. The molecule has 0 aliphatic carbocycles. The summed E-state index contributed by atoms with van der Waals surface area (Å²) in [6.45, 7) is 2.60. The minimum Gasteiger partial charge on any atom is -0.489 e. The third-order valence-electron chi connectivity index (χ3n) is 3.99. The Morgan fingerprint density at radius 3 is 2.23 bits per heavy atom. The number of allylic oxidation sites excluding steroid dienone is 1. The number of rotatable bonds is 5. The van der Waals surface area contributed by atoms with Gasteiger partial charge in [-0.1, -0.05) is 65.7 Å². The van der Waals surface area contributed by atoms with Crippen molar-refractivity contribution in [1.29, 1.82) is 5.26 Å². The summed E-state index contributed by atoms with van der Waals surface area (Å²) in [5.74, 6) is 0.799. The number of ether oxygens (including phenoxy) is 1. The molecule has 0 N–H and O–H groups in total. The Morgan fingerprint density at radius 2 is 1.62 bits per heavy atom. The molecule has 0 aromatic heterocycles. The first-order chi connectivity index (χ1) is 12.6. The molecule has 0 heterocycles. The fourth-order valence-corrected chi connectivity index (χ4v) is 2.61. The molecule has 26 heavy (non-hydrogen) atoms. The van der Waals surface area contributed by atoms with E-state index in [0.717, 1.165) is 22.4 Å². The zero-order valence-corrected chi connectivity index (χ0v) is 15.2. The highest BCUT2D eigenvalue weighted by Crippen LogP contribution is 2.21. The van der Waals surface area contributed by atoms with Crippen LogP contribution in [0.15, 0.2) is 72.8 Å². The Kier molecular flexibility index (Phi) is 5.73. The number of nitriles is 1. The third kappa shape index (κ3) is 4.75. The molecule has 0 fully saturated rings. The molecule has 0 saturated heterocycles.